The number of carbonyl (C=O) groups is 2. The summed E-state index contributed by atoms with van der Waals surface area (Å²) in [5.74, 6) is 0.652. The number of amides is 1. The zero-order valence-electron chi connectivity index (χ0n) is 11.9. The second-order valence-corrected chi connectivity index (χ2v) is 4.74. The summed E-state index contributed by atoms with van der Waals surface area (Å²) in [4.78, 5) is 22.9. The van der Waals surface area contributed by atoms with Crippen molar-refractivity contribution in [3.8, 4) is 5.75 Å². The predicted molar refractivity (Wildman–Crippen MR) is 79.7 cm³/mol. The normalized spacial score (nSPS) is 14.1. The maximum atomic E-state index is 11.7. The molecule has 21 heavy (non-hydrogen) atoms. The van der Waals surface area contributed by atoms with Crippen LogP contribution in [0.4, 0.5) is 5.69 Å². The van der Waals surface area contributed by atoms with Crippen molar-refractivity contribution in [2.24, 2.45) is 0 Å². The van der Waals surface area contributed by atoms with Gasteiger partial charge in [-0.15, -0.1) is 0 Å². The molecule has 0 fully saturated rings. The van der Waals surface area contributed by atoms with Crippen molar-refractivity contribution in [1.29, 1.82) is 0 Å². The summed E-state index contributed by atoms with van der Waals surface area (Å²) in [6.45, 7) is 0.139. The average molecular weight is 289 g/mol. The lowest BCUT2D eigenvalue weighted by Gasteiger charge is -2.15. The Kier molecular flexibility index (Phi) is 5.20. The second kappa shape index (κ2) is 7.33. The Morgan fingerprint density at radius 1 is 1.24 bits per heavy atom. The van der Waals surface area contributed by atoms with Gasteiger partial charge in [0, 0.05) is 23.9 Å². The highest BCUT2D eigenvalue weighted by atomic mass is 16.5. The third-order valence-corrected chi connectivity index (χ3v) is 3.11. The van der Waals surface area contributed by atoms with Gasteiger partial charge in [0.05, 0.1) is 13.7 Å². The fraction of sp³-hybridized carbons (Fsp3) is 0.333. The molecule has 6 heteroatoms. The van der Waals surface area contributed by atoms with Gasteiger partial charge in [-0.3, -0.25) is 15.0 Å². The quantitative estimate of drug-likeness (QED) is 0.689. The molecule has 0 atom stereocenters. The topological polar surface area (TPSA) is 79.5 Å². The van der Waals surface area contributed by atoms with E-state index in [1.807, 2.05) is 24.3 Å². The van der Waals surface area contributed by atoms with E-state index in [9.17, 15) is 9.59 Å². The van der Waals surface area contributed by atoms with Crippen molar-refractivity contribution in [3.05, 3.63) is 36.0 Å². The fourth-order valence-corrected chi connectivity index (χ4v) is 1.98. The molecule has 0 saturated heterocycles. The minimum atomic E-state index is -0.204. The minimum absolute atomic E-state index is 0.0920. The first-order valence-corrected chi connectivity index (χ1v) is 6.83. The third kappa shape index (κ3) is 4.83. The van der Waals surface area contributed by atoms with Crippen molar-refractivity contribution >= 4 is 17.4 Å². The van der Waals surface area contributed by atoms with E-state index in [0.717, 1.165) is 30.0 Å². The molecule has 0 radical (unpaired) electrons. The number of carbonyl (C=O) groups excluding carboxylic acids is 2. The van der Waals surface area contributed by atoms with Crippen LogP contribution in [0.3, 0.4) is 0 Å². The van der Waals surface area contributed by atoms with E-state index < -0.39 is 0 Å². The van der Waals surface area contributed by atoms with Gasteiger partial charge in [0.1, 0.15) is 5.75 Å². The lowest BCUT2D eigenvalue weighted by atomic mass is 10.0. The number of ketones is 1. The number of hydrogen-bond acceptors (Lipinski definition) is 5. The number of hydrazine groups is 1. The molecule has 0 heterocycles. The van der Waals surface area contributed by atoms with Crippen LogP contribution in [0.5, 0.6) is 5.75 Å². The van der Waals surface area contributed by atoms with Gasteiger partial charge in [-0.05, 0) is 37.1 Å². The van der Waals surface area contributed by atoms with Crippen molar-refractivity contribution in [1.82, 2.24) is 10.9 Å². The minimum Gasteiger partial charge on any atom is -0.497 e. The number of hydrogen-bond donors (Lipinski definition) is 3. The molecule has 0 bridgehead atoms. The molecule has 1 aromatic carbocycles. The van der Waals surface area contributed by atoms with Crippen LogP contribution in [0.1, 0.15) is 19.3 Å². The van der Waals surface area contributed by atoms with Crippen LogP contribution >= 0.6 is 0 Å². The smallest absolute Gasteiger partial charge is 0.257 e. The van der Waals surface area contributed by atoms with E-state index in [-0.39, 0.29) is 18.2 Å². The van der Waals surface area contributed by atoms with Crippen LogP contribution in [0.2, 0.25) is 0 Å². The maximum absolute atomic E-state index is 11.7. The van der Waals surface area contributed by atoms with E-state index in [0.29, 0.717) is 6.42 Å². The molecule has 1 aromatic rings. The summed E-state index contributed by atoms with van der Waals surface area (Å²) < 4.78 is 5.06. The van der Waals surface area contributed by atoms with E-state index >= 15 is 0 Å². The number of rotatable bonds is 6. The largest absolute Gasteiger partial charge is 0.497 e. The number of methoxy groups -OCH3 is 1. The standard InChI is InChI=1S/C15H19N3O3/c1-21-14-7-5-11(6-8-14)16-10-15(20)18-17-12-3-2-4-13(19)9-12/h5-9,16-17H,2-4,10H2,1H3,(H,18,20). The molecule has 1 amide bonds. The first kappa shape index (κ1) is 14.9. The van der Waals surface area contributed by atoms with Crippen LogP contribution < -0.4 is 20.9 Å². The highest BCUT2D eigenvalue weighted by Crippen LogP contribution is 2.14. The SMILES string of the molecule is COc1ccc(NCC(=O)NNC2=CC(=O)CCC2)cc1. The Labute approximate surface area is 123 Å². The van der Waals surface area contributed by atoms with Gasteiger partial charge in [0.15, 0.2) is 5.78 Å². The van der Waals surface area contributed by atoms with Crippen LogP contribution in [-0.4, -0.2) is 25.3 Å². The molecule has 112 valence electrons. The average Bonchev–Trinajstić information content (AvgIpc) is 2.51. The summed E-state index contributed by atoms with van der Waals surface area (Å²) in [6.07, 6.45) is 3.72. The predicted octanol–water partition coefficient (Wildman–Crippen LogP) is 1.36. The van der Waals surface area contributed by atoms with Crippen molar-refractivity contribution < 1.29 is 14.3 Å². The van der Waals surface area contributed by atoms with Crippen LogP contribution in [0.25, 0.3) is 0 Å². The van der Waals surface area contributed by atoms with E-state index in [4.69, 9.17) is 4.74 Å². The lowest BCUT2D eigenvalue weighted by Crippen LogP contribution is -2.40. The monoisotopic (exact) mass is 289 g/mol. The number of benzene rings is 1. The lowest BCUT2D eigenvalue weighted by molar-refractivity contribution is -0.120. The second-order valence-electron chi connectivity index (χ2n) is 4.74. The molecule has 1 aliphatic rings. The molecule has 0 spiro atoms. The van der Waals surface area contributed by atoms with Gasteiger partial charge in [0.25, 0.3) is 5.91 Å². The molecule has 2 rings (SSSR count). The van der Waals surface area contributed by atoms with Gasteiger partial charge in [-0.1, -0.05) is 0 Å². The Morgan fingerprint density at radius 2 is 2.00 bits per heavy atom. The molecule has 0 unspecified atom stereocenters. The number of allylic oxidation sites excluding steroid dienone is 2. The number of anilines is 1. The van der Waals surface area contributed by atoms with E-state index in [1.54, 1.807) is 13.2 Å². The molecular formula is C15H19N3O3. The molecule has 3 N–H and O–H groups in total. The van der Waals surface area contributed by atoms with Crippen LogP contribution in [-0.2, 0) is 9.59 Å². The Balaban J connectivity index is 1.73. The molecule has 0 aromatic heterocycles. The number of ether oxygens (including phenoxy) is 1. The summed E-state index contributed by atoms with van der Waals surface area (Å²) in [6, 6.07) is 7.30. The van der Waals surface area contributed by atoms with Gasteiger partial charge in [-0.2, -0.15) is 0 Å². The van der Waals surface area contributed by atoms with E-state index in [2.05, 4.69) is 16.2 Å². The van der Waals surface area contributed by atoms with Gasteiger partial charge < -0.3 is 15.5 Å². The number of nitrogens with one attached hydrogen (secondary N) is 3. The highest BCUT2D eigenvalue weighted by Gasteiger charge is 2.10. The van der Waals surface area contributed by atoms with Crippen LogP contribution in [0.15, 0.2) is 36.0 Å². The summed E-state index contributed by atoms with van der Waals surface area (Å²) in [5, 5.41) is 3.00. The molecule has 0 aliphatic heterocycles. The summed E-state index contributed by atoms with van der Waals surface area (Å²) in [7, 11) is 1.60. The Bertz CT molecular complexity index is 538. The van der Waals surface area contributed by atoms with Crippen molar-refractivity contribution in [2.45, 2.75) is 19.3 Å². The Hall–Kier alpha value is -2.50. The van der Waals surface area contributed by atoms with Crippen molar-refractivity contribution in [3.63, 3.8) is 0 Å². The fourth-order valence-electron chi connectivity index (χ4n) is 1.98. The van der Waals surface area contributed by atoms with Crippen LogP contribution in [0, 0.1) is 0 Å². The summed E-state index contributed by atoms with van der Waals surface area (Å²) in [5.41, 5.74) is 6.94. The Morgan fingerprint density at radius 3 is 2.67 bits per heavy atom. The van der Waals surface area contributed by atoms with Crippen molar-refractivity contribution in [2.75, 3.05) is 19.0 Å². The molecule has 0 saturated carbocycles. The molecular weight excluding hydrogens is 270 g/mol. The zero-order chi connectivity index (χ0) is 15.1. The van der Waals surface area contributed by atoms with Gasteiger partial charge in [-0.25, -0.2) is 0 Å². The third-order valence-electron chi connectivity index (χ3n) is 3.11. The van der Waals surface area contributed by atoms with E-state index in [1.165, 1.54) is 0 Å². The highest BCUT2D eigenvalue weighted by molar-refractivity contribution is 5.91. The van der Waals surface area contributed by atoms with Gasteiger partial charge >= 0.3 is 0 Å². The summed E-state index contributed by atoms with van der Waals surface area (Å²) >= 11 is 0. The first-order chi connectivity index (χ1) is 10.2. The molecule has 6 nitrogen and oxygen atoms in total. The van der Waals surface area contributed by atoms with Gasteiger partial charge in [0.2, 0.25) is 0 Å². The zero-order valence-corrected chi connectivity index (χ0v) is 11.9. The first-order valence-electron chi connectivity index (χ1n) is 6.83. The maximum Gasteiger partial charge on any atom is 0.257 e. The molecule has 1 aliphatic carbocycles.